The Balaban J connectivity index is 0.000000707. The Morgan fingerprint density at radius 2 is 1.71 bits per heavy atom. The zero-order chi connectivity index (χ0) is 32.8. The number of morpholine rings is 1. The Bertz CT molecular complexity index is 1170. The third-order valence-corrected chi connectivity index (χ3v) is 7.63. The summed E-state index contributed by atoms with van der Waals surface area (Å²) >= 11 is 0. The van der Waals surface area contributed by atoms with Crippen LogP contribution in [-0.4, -0.2) is 67.4 Å². The number of hydrogen-bond acceptors (Lipinski definition) is 6. The molecule has 250 valence electrons. The number of halogens is 5. The summed E-state index contributed by atoms with van der Waals surface area (Å²) in [6.45, 7) is 3.22. The van der Waals surface area contributed by atoms with Gasteiger partial charge in [0, 0.05) is 26.1 Å². The summed E-state index contributed by atoms with van der Waals surface area (Å²) in [5.41, 5.74) is 1.42. The predicted octanol–water partition coefficient (Wildman–Crippen LogP) is 5.53. The molecule has 0 aromatic heterocycles. The van der Waals surface area contributed by atoms with Gasteiger partial charge in [0.05, 0.1) is 31.4 Å². The van der Waals surface area contributed by atoms with E-state index in [-0.39, 0.29) is 24.7 Å². The lowest BCUT2D eigenvalue weighted by atomic mass is 9.95. The summed E-state index contributed by atoms with van der Waals surface area (Å²) in [6.07, 6.45) is 1.87. The predicted molar refractivity (Wildman–Crippen MR) is 155 cm³/mol. The summed E-state index contributed by atoms with van der Waals surface area (Å²) in [7, 11) is 0. The van der Waals surface area contributed by atoms with Crippen molar-refractivity contribution >= 4 is 11.9 Å². The summed E-state index contributed by atoms with van der Waals surface area (Å²) in [4.78, 5) is 21.0. The van der Waals surface area contributed by atoms with E-state index in [2.05, 4.69) is 10.6 Å². The molecule has 0 radical (unpaired) electrons. The maximum atomic E-state index is 13.9. The second-order valence-electron chi connectivity index (χ2n) is 11.3. The summed E-state index contributed by atoms with van der Waals surface area (Å²) in [5.74, 6) is -3.48. The number of amides is 1. The third kappa shape index (κ3) is 13.4. The van der Waals surface area contributed by atoms with Crippen molar-refractivity contribution in [1.82, 2.24) is 10.6 Å². The van der Waals surface area contributed by atoms with Crippen LogP contribution in [0, 0.1) is 17.6 Å². The first-order valence-corrected chi connectivity index (χ1v) is 15.0. The molecular formula is C32H41F5N2O6. The molecule has 2 aliphatic rings. The van der Waals surface area contributed by atoms with E-state index in [1.54, 1.807) is 0 Å². The summed E-state index contributed by atoms with van der Waals surface area (Å²) < 4.78 is 78.0. The Labute approximate surface area is 259 Å². The highest BCUT2D eigenvalue weighted by atomic mass is 19.4. The highest BCUT2D eigenvalue weighted by Gasteiger charge is 2.38. The van der Waals surface area contributed by atoms with Gasteiger partial charge in [-0.15, -0.1) is 0 Å². The van der Waals surface area contributed by atoms with Gasteiger partial charge in [-0.05, 0) is 48.4 Å². The molecule has 2 aromatic rings. The quantitative estimate of drug-likeness (QED) is 0.195. The maximum Gasteiger partial charge on any atom is 0.490 e. The van der Waals surface area contributed by atoms with Crippen molar-refractivity contribution in [3.8, 4) is 0 Å². The van der Waals surface area contributed by atoms with Crippen molar-refractivity contribution in [3.63, 3.8) is 0 Å². The van der Waals surface area contributed by atoms with Gasteiger partial charge in [-0.1, -0.05) is 56.0 Å². The van der Waals surface area contributed by atoms with Gasteiger partial charge in [-0.2, -0.15) is 13.2 Å². The molecule has 2 aromatic carbocycles. The molecule has 4 atom stereocenters. The number of carbonyl (C=O) groups excluding carboxylic acids is 1. The number of alkyl halides is 3. The van der Waals surface area contributed by atoms with Gasteiger partial charge >= 0.3 is 12.1 Å². The molecule has 4 rings (SSSR count). The first kappa shape index (κ1) is 36.3. The van der Waals surface area contributed by atoms with Crippen molar-refractivity contribution in [2.75, 3.05) is 19.8 Å². The van der Waals surface area contributed by atoms with Crippen molar-refractivity contribution in [1.29, 1.82) is 0 Å². The van der Waals surface area contributed by atoms with Gasteiger partial charge in [-0.3, -0.25) is 4.79 Å². The van der Waals surface area contributed by atoms with Crippen LogP contribution in [0.3, 0.4) is 0 Å². The fourth-order valence-electron chi connectivity index (χ4n) is 5.55. The Hall–Kier alpha value is -3.13. The third-order valence-electron chi connectivity index (χ3n) is 7.63. The first-order chi connectivity index (χ1) is 21.4. The minimum Gasteiger partial charge on any atom is -0.475 e. The lowest BCUT2D eigenvalue weighted by molar-refractivity contribution is -0.192. The van der Waals surface area contributed by atoms with E-state index in [0.717, 1.165) is 24.0 Å². The maximum absolute atomic E-state index is 13.9. The van der Waals surface area contributed by atoms with Gasteiger partial charge in [0.1, 0.15) is 11.6 Å². The van der Waals surface area contributed by atoms with Gasteiger partial charge in [0.25, 0.3) is 0 Å². The molecule has 1 saturated carbocycles. The standard InChI is InChI=1S/C30H40F2N2O4.C2HF3O2/c1-21(35)34-27(16-24-14-25(31)17-26(32)15-24)30(38-19-23-10-3-2-4-11-23)28-20-37-29(18-33-28)36-13-7-12-22-8-5-6-9-22;3-2(4,5)1(6)7/h2-4,10-11,14-15,17,22,27-30,33H,5-9,12-13,16,18-20H2,1H3,(H,34,35);(H,6,7)/t27-,28+,29-,30-;/m0./s1. The topological polar surface area (TPSA) is 106 Å². The number of hydrogen-bond donors (Lipinski definition) is 3. The van der Waals surface area contributed by atoms with Crippen LogP contribution in [0.2, 0.25) is 0 Å². The molecule has 0 spiro atoms. The summed E-state index contributed by atoms with van der Waals surface area (Å²) in [6, 6.07) is 12.3. The van der Waals surface area contributed by atoms with Crippen LogP contribution >= 0.6 is 0 Å². The molecule has 45 heavy (non-hydrogen) atoms. The van der Waals surface area contributed by atoms with Gasteiger partial charge in [-0.25, -0.2) is 13.6 Å². The minimum absolute atomic E-state index is 0.201. The zero-order valence-electron chi connectivity index (χ0n) is 25.2. The lowest BCUT2D eigenvalue weighted by Crippen LogP contribution is -2.60. The average molecular weight is 645 g/mol. The highest BCUT2D eigenvalue weighted by molar-refractivity contribution is 5.73. The molecule has 1 saturated heterocycles. The summed E-state index contributed by atoms with van der Waals surface area (Å²) in [5, 5.41) is 13.5. The molecule has 1 amide bonds. The van der Waals surface area contributed by atoms with Crippen molar-refractivity contribution in [3.05, 3.63) is 71.3 Å². The first-order valence-electron chi connectivity index (χ1n) is 15.0. The van der Waals surface area contributed by atoms with E-state index in [9.17, 15) is 26.7 Å². The van der Waals surface area contributed by atoms with E-state index >= 15 is 0 Å². The second-order valence-corrected chi connectivity index (χ2v) is 11.3. The number of nitrogens with one attached hydrogen (secondary N) is 2. The van der Waals surface area contributed by atoms with Crippen LogP contribution in [0.25, 0.3) is 0 Å². The zero-order valence-corrected chi connectivity index (χ0v) is 25.2. The molecule has 0 unspecified atom stereocenters. The molecule has 0 bridgehead atoms. The van der Waals surface area contributed by atoms with Crippen LogP contribution in [0.5, 0.6) is 0 Å². The largest absolute Gasteiger partial charge is 0.490 e. The number of rotatable bonds is 13. The number of ether oxygens (including phenoxy) is 3. The van der Waals surface area contributed by atoms with Crippen LogP contribution in [0.4, 0.5) is 22.0 Å². The number of carboxylic acid groups (broad SMARTS) is 1. The number of carboxylic acids is 1. The number of benzene rings is 2. The van der Waals surface area contributed by atoms with Crippen LogP contribution < -0.4 is 10.6 Å². The molecule has 1 heterocycles. The smallest absolute Gasteiger partial charge is 0.475 e. The van der Waals surface area contributed by atoms with Crippen molar-refractivity contribution in [2.45, 2.75) is 89.1 Å². The van der Waals surface area contributed by atoms with E-state index < -0.39 is 35.9 Å². The fraction of sp³-hybridized carbons (Fsp3) is 0.562. The fourth-order valence-corrected chi connectivity index (χ4v) is 5.55. The second kappa shape index (κ2) is 18.1. The normalized spacial score (nSPS) is 20.1. The minimum atomic E-state index is -5.08. The van der Waals surface area contributed by atoms with E-state index in [0.29, 0.717) is 31.9 Å². The van der Waals surface area contributed by atoms with Crippen LogP contribution in [0.1, 0.15) is 56.6 Å². The van der Waals surface area contributed by atoms with E-state index in [1.165, 1.54) is 51.2 Å². The Kier molecular flexibility index (Phi) is 14.6. The number of carbonyl (C=O) groups is 2. The molecule has 3 N–H and O–H groups in total. The lowest BCUT2D eigenvalue weighted by Gasteiger charge is -2.38. The Morgan fingerprint density at radius 1 is 1.07 bits per heavy atom. The average Bonchev–Trinajstić information content (AvgIpc) is 3.49. The molecular weight excluding hydrogens is 603 g/mol. The van der Waals surface area contributed by atoms with E-state index in [4.69, 9.17) is 24.1 Å². The monoisotopic (exact) mass is 644 g/mol. The van der Waals surface area contributed by atoms with Gasteiger partial charge < -0.3 is 30.0 Å². The van der Waals surface area contributed by atoms with Crippen molar-refractivity contribution in [2.24, 2.45) is 5.92 Å². The van der Waals surface area contributed by atoms with Crippen LogP contribution in [-0.2, 0) is 36.8 Å². The van der Waals surface area contributed by atoms with Crippen molar-refractivity contribution < 1.29 is 50.9 Å². The molecule has 8 nitrogen and oxygen atoms in total. The van der Waals surface area contributed by atoms with Crippen LogP contribution in [0.15, 0.2) is 48.5 Å². The molecule has 1 aliphatic heterocycles. The molecule has 2 fully saturated rings. The van der Waals surface area contributed by atoms with Gasteiger partial charge in [0.15, 0.2) is 6.29 Å². The van der Waals surface area contributed by atoms with E-state index in [1.807, 2.05) is 30.3 Å². The Morgan fingerprint density at radius 3 is 2.27 bits per heavy atom. The number of aliphatic carboxylic acids is 1. The van der Waals surface area contributed by atoms with Gasteiger partial charge in [0.2, 0.25) is 5.91 Å². The molecule has 13 heteroatoms. The molecule has 1 aliphatic carbocycles. The highest BCUT2D eigenvalue weighted by Crippen LogP contribution is 2.28. The SMILES string of the molecule is CC(=O)N[C@@H](Cc1cc(F)cc(F)c1)[C@H](OCc1ccccc1)[C@H]1CO[C@H](OCCCC2CCCC2)CN1.O=C(O)C(F)(F)F.